The van der Waals surface area contributed by atoms with Gasteiger partial charge in [0.1, 0.15) is 11.6 Å². The second-order valence-electron chi connectivity index (χ2n) is 7.54. The van der Waals surface area contributed by atoms with Crippen LogP contribution in [0.15, 0.2) is 24.5 Å². The second-order valence-corrected chi connectivity index (χ2v) is 7.54. The molecule has 2 aromatic heterocycles. The van der Waals surface area contributed by atoms with Crippen LogP contribution < -0.4 is 24.3 Å². The summed E-state index contributed by atoms with van der Waals surface area (Å²) >= 11 is 0. The van der Waals surface area contributed by atoms with Gasteiger partial charge in [-0.05, 0) is 25.1 Å². The summed E-state index contributed by atoms with van der Waals surface area (Å²) in [7, 11) is 6.61. The van der Waals surface area contributed by atoms with Gasteiger partial charge in [0.25, 0.3) is 0 Å². The normalized spacial score (nSPS) is 16.8. The number of carbonyl (C=O) groups excluding carboxylic acids is 1. The molecule has 0 radical (unpaired) electrons. The van der Waals surface area contributed by atoms with Crippen LogP contribution in [-0.4, -0.2) is 54.4 Å². The van der Waals surface area contributed by atoms with Gasteiger partial charge in [-0.15, -0.1) is 0 Å². The monoisotopic (exact) mass is 426 g/mol. The number of aryl methyl sites for hydroxylation is 1. The molecule has 1 fully saturated rings. The third-order valence-electron chi connectivity index (χ3n) is 5.59. The van der Waals surface area contributed by atoms with E-state index in [0.29, 0.717) is 41.8 Å². The van der Waals surface area contributed by atoms with Crippen LogP contribution in [0.3, 0.4) is 0 Å². The Morgan fingerprint density at radius 3 is 2.42 bits per heavy atom. The number of nitrogens with zero attached hydrogens (tertiary/aromatic N) is 3. The molecule has 0 unspecified atom stereocenters. The number of aromatic nitrogens is 3. The fraction of sp³-hybridized carbons (Fsp3) is 0.409. The number of pyridine rings is 1. The first-order valence-electron chi connectivity index (χ1n) is 10.0. The number of fused-ring (bicyclic) bond motifs is 1. The van der Waals surface area contributed by atoms with Crippen molar-refractivity contribution in [2.45, 2.75) is 19.4 Å². The topological polar surface area (TPSA) is 96.7 Å². The van der Waals surface area contributed by atoms with Crippen molar-refractivity contribution in [3.05, 3.63) is 24.5 Å². The predicted molar refractivity (Wildman–Crippen MR) is 115 cm³/mol. The summed E-state index contributed by atoms with van der Waals surface area (Å²) in [4.78, 5) is 20.9. The van der Waals surface area contributed by atoms with Gasteiger partial charge in [-0.2, -0.15) is 0 Å². The van der Waals surface area contributed by atoms with Crippen LogP contribution in [0.1, 0.15) is 13.3 Å². The first-order valence-corrected chi connectivity index (χ1v) is 10.0. The maximum Gasteiger partial charge on any atom is 0.241 e. The Bertz CT molecular complexity index is 1100. The number of imidazole rings is 1. The molecule has 0 saturated carbocycles. The molecule has 9 heteroatoms. The van der Waals surface area contributed by atoms with Crippen molar-refractivity contribution in [3.8, 4) is 34.4 Å². The molecule has 3 aromatic rings. The number of benzene rings is 1. The molecule has 1 aliphatic heterocycles. The minimum atomic E-state index is -0.195. The van der Waals surface area contributed by atoms with Gasteiger partial charge in [-0.1, -0.05) is 0 Å². The molecule has 4 rings (SSSR count). The second kappa shape index (κ2) is 8.33. The molecule has 1 N–H and O–H groups in total. The average molecular weight is 426 g/mol. The fourth-order valence-electron chi connectivity index (χ4n) is 3.83. The molecule has 0 bridgehead atoms. The van der Waals surface area contributed by atoms with Crippen molar-refractivity contribution in [2.75, 3.05) is 27.9 Å². The van der Waals surface area contributed by atoms with Gasteiger partial charge in [0, 0.05) is 31.5 Å². The lowest BCUT2D eigenvalue weighted by Crippen LogP contribution is -2.26. The van der Waals surface area contributed by atoms with E-state index in [0.717, 1.165) is 16.6 Å². The molecule has 164 valence electrons. The molecule has 1 aliphatic rings. The summed E-state index contributed by atoms with van der Waals surface area (Å²) in [6.45, 7) is 2.56. The molecule has 2 atom stereocenters. The van der Waals surface area contributed by atoms with Crippen molar-refractivity contribution in [2.24, 2.45) is 13.0 Å². The highest BCUT2D eigenvalue weighted by molar-refractivity contribution is 5.85. The van der Waals surface area contributed by atoms with Crippen molar-refractivity contribution in [1.29, 1.82) is 0 Å². The van der Waals surface area contributed by atoms with Gasteiger partial charge < -0.3 is 28.8 Å². The van der Waals surface area contributed by atoms with Crippen LogP contribution >= 0.6 is 0 Å². The van der Waals surface area contributed by atoms with E-state index in [1.807, 2.05) is 36.7 Å². The lowest BCUT2D eigenvalue weighted by Gasteiger charge is -2.20. The molecule has 1 aromatic carbocycles. The van der Waals surface area contributed by atoms with E-state index in [2.05, 4.69) is 10.3 Å². The van der Waals surface area contributed by atoms with E-state index in [1.54, 1.807) is 27.7 Å². The average Bonchev–Trinajstić information content (AvgIpc) is 3.38. The van der Waals surface area contributed by atoms with Crippen LogP contribution in [0.4, 0.5) is 0 Å². The van der Waals surface area contributed by atoms with Crippen LogP contribution in [0.25, 0.3) is 22.3 Å². The molecule has 9 nitrogen and oxygen atoms in total. The van der Waals surface area contributed by atoms with Crippen LogP contribution in [0.5, 0.6) is 23.1 Å². The van der Waals surface area contributed by atoms with E-state index < -0.39 is 0 Å². The van der Waals surface area contributed by atoms with Crippen molar-refractivity contribution < 1.29 is 23.7 Å². The Labute approximate surface area is 180 Å². The summed E-state index contributed by atoms with van der Waals surface area (Å²) in [5, 5.41) is 2.86. The van der Waals surface area contributed by atoms with Crippen LogP contribution in [0.2, 0.25) is 0 Å². The Balaban J connectivity index is 1.79. The van der Waals surface area contributed by atoms with Crippen molar-refractivity contribution in [1.82, 2.24) is 19.9 Å². The SMILES string of the molecule is COc1cc(-c2cc3ncn(C)c3c(O[C@H](C)[C@H]3CNC(=O)C3)n2)cc(OC)c1OC. The minimum absolute atomic E-state index is 0.0465. The molecule has 31 heavy (non-hydrogen) atoms. The molecule has 1 amide bonds. The van der Waals surface area contributed by atoms with E-state index in [-0.39, 0.29) is 17.9 Å². The smallest absolute Gasteiger partial charge is 0.241 e. The molecule has 1 saturated heterocycles. The van der Waals surface area contributed by atoms with Crippen molar-refractivity contribution >= 4 is 16.9 Å². The standard InChI is InChI=1S/C22H26N4O5/c1-12(14-8-19(27)23-10-14)31-22-20-16(24-11-26(20)2)9-15(25-22)13-6-17(28-3)21(30-5)18(7-13)29-4/h6-7,9,11-12,14H,8,10H2,1-5H3,(H,23,27)/t12-,14-/m1/s1. The predicted octanol–water partition coefficient (Wildman–Crippen LogP) is 2.56. The van der Waals surface area contributed by atoms with Crippen LogP contribution in [-0.2, 0) is 11.8 Å². The summed E-state index contributed by atoms with van der Waals surface area (Å²) in [6, 6.07) is 5.57. The van der Waals surface area contributed by atoms with Gasteiger partial charge in [-0.3, -0.25) is 4.79 Å². The third kappa shape index (κ3) is 3.83. The Hall–Kier alpha value is -3.49. The molecule has 0 aliphatic carbocycles. The van der Waals surface area contributed by atoms with Gasteiger partial charge in [-0.25, -0.2) is 9.97 Å². The first-order chi connectivity index (χ1) is 14.9. The number of amides is 1. The Kier molecular flexibility index (Phi) is 5.58. The minimum Gasteiger partial charge on any atom is -0.493 e. The number of ether oxygens (including phenoxy) is 4. The highest BCUT2D eigenvalue weighted by Gasteiger charge is 2.29. The highest BCUT2D eigenvalue weighted by Crippen LogP contribution is 2.41. The molecule has 3 heterocycles. The van der Waals surface area contributed by atoms with Gasteiger partial charge in [0.2, 0.25) is 17.5 Å². The maximum absolute atomic E-state index is 11.6. The van der Waals surface area contributed by atoms with E-state index in [4.69, 9.17) is 23.9 Å². The zero-order valence-electron chi connectivity index (χ0n) is 18.3. The quantitative estimate of drug-likeness (QED) is 0.620. The first kappa shape index (κ1) is 20.8. The zero-order valence-corrected chi connectivity index (χ0v) is 18.3. The van der Waals surface area contributed by atoms with Crippen molar-refractivity contribution in [3.63, 3.8) is 0 Å². The third-order valence-corrected chi connectivity index (χ3v) is 5.59. The Morgan fingerprint density at radius 2 is 1.84 bits per heavy atom. The van der Waals surface area contributed by atoms with E-state index in [1.165, 1.54) is 0 Å². The number of methoxy groups -OCH3 is 3. The summed E-state index contributed by atoms with van der Waals surface area (Å²) in [5.74, 6) is 2.18. The molecular weight excluding hydrogens is 400 g/mol. The van der Waals surface area contributed by atoms with E-state index in [9.17, 15) is 4.79 Å². The number of hydrogen-bond acceptors (Lipinski definition) is 7. The summed E-state index contributed by atoms with van der Waals surface area (Å²) < 4.78 is 24.5. The number of rotatable bonds is 7. The number of carbonyl (C=O) groups is 1. The van der Waals surface area contributed by atoms with Gasteiger partial charge >= 0.3 is 0 Å². The van der Waals surface area contributed by atoms with E-state index >= 15 is 0 Å². The molecule has 0 spiro atoms. The molecular formula is C22H26N4O5. The highest BCUT2D eigenvalue weighted by atomic mass is 16.5. The number of nitrogens with one attached hydrogen (secondary N) is 1. The van der Waals surface area contributed by atoms with Gasteiger partial charge in [0.15, 0.2) is 11.5 Å². The van der Waals surface area contributed by atoms with Crippen LogP contribution in [0, 0.1) is 5.92 Å². The summed E-state index contributed by atoms with van der Waals surface area (Å²) in [5.41, 5.74) is 2.98. The zero-order chi connectivity index (χ0) is 22.1. The lowest BCUT2D eigenvalue weighted by atomic mass is 10.0. The summed E-state index contributed by atoms with van der Waals surface area (Å²) in [6.07, 6.45) is 1.98. The maximum atomic E-state index is 11.6. The fourth-order valence-corrected chi connectivity index (χ4v) is 3.83. The number of hydrogen-bond donors (Lipinski definition) is 1. The largest absolute Gasteiger partial charge is 0.493 e. The lowest BCUT2D eigenvalue weighted by molar-refractivity contribution is -0.119. The Morgan fingerprint density at radius 1 is 1.13 bits per heavy atom. The van der Waals surface area contributed by atoms with Gasteiger partial charge in [0.05, 0.1) is 38.9 Å².